The van der Waals surface area contributed by atoms with Gasteiger partial charge in [0.1, 0.15) is 5.60 Å². The Balaban J connectivity index is 1.71. The van der Waals surface area contributed by atoms with E-state index < -0.39 is 5.60 Å². The Morgan fingerprint density at radius 1 is 0.839 bits per heavy atom. The van der Waals surface area contributed by atoms with Crippen LogP contribution in [0, 0.1) is 6.92 Å². The van der Waals surface area contributed by atoms with Crippen molar-refractivity contribution in [1.29, 1.82) is 0 Å². The standard InChI is InChI=1S/C28H30N2O/c1-21-13-14-26-25(19-21)24-15-17-29(2)18-16-27(24)30(26)20-28(31,22-9-5-3-6-10-22)23-11-7-4-8-12-23/h3-14,19,31H,15-18,20H2,1-2H3. The van der Waals surface area contributed by atoms with Crippen molar-refractivity contribution in [2.45, 2.75) is 31.9 Å². The minimum absolute atomic E-state index is 0.500. The molecule has 5 rings (SSSR count). The highest BCUT2D eigenvalue weighted by Crippen LogP contribution is 2.36. The molecule has 0 radical (unpaired) electrons. The van der Waals surface area contributed by atoms with E-state index in [4.69, 9.17) is 0 Å². The summed E-state index contributed by atoms with van der Waals surface area (Å²) in [6, 6.07) is 26.9. The molecule has 1 aliphatic heterocycles. The first kappa shape index (κ1) is 20.0. The van der Waals surface area contributed by atoms with Crippen LogP contribution in [-0.4, -0.2) is 34.7 Å². The molecule has 0 bridgehead atoms. The largest absolute Gasteiger partial charge is 0.378 e. The van der Waals surface area contributed by atoms with Gasteiger partial charge in [-0.05, 0) is 49.2 Å². The fourth-order valence-corrected chi connectivity index (χ4v) is 5.05. The molecule has 1 N–H and O–H groups in total. The molecule has 1 aromatic heterocycles. The molecule has 158 valence electrons. The maximum Gasteiger partial charge on any atom is 0.132 e. The molecule has 0 unspecified atom stereocenters. The summed E-state index contributed by atoms with van der Waals surface area (Å²) in [7, 11) is 2.20. The Hall–Kier alpha value is -2.88. The summed E-state index contributed by atoms with van der Waals surface area (Å²) in [6.45, 7) is 4.77. The molecule has 3 aromatic carbocycles. The number of aliphatic hydroxyl groups is 1. The van der Waals surface area contributed by atoms with Crippen molar-refractivity contribution in [3.05, 3.63) is 107 Å². The third-order valence-corrected chi connectivity index (χ3v) is 6.81. The Morgan fingerprint density at radius 3 is 2.10 bits per heavy atom. The van der Waals surface area contributed by atoms with Crippen LogP contribution in [0.5, 0.6) is 0 Å². The molecule has 2 heterocycles. The lowest BCUT2D eigenvalue weighted by Crippen LogP contribution is -2.33. The number of benzene rings is 3. The van der Waals surface area contributed by atoms with Crippen LogP contribution in [0.15, 0.2) is 78.9 Å². The van der Waals surface area contributed by atoms with Crippen LogP contribution < -0.4 is 0 Å². The summed E-state index contributed by atoms with van der Waals surface area (Å²) in [4.78, 5) is 2.41. The smallest absolute Gasteiger partial charge is 0.132 e. The molecule has 0 amide bonds. The van der Waals surface area contributed by atoms with Crippen LogP contribution in [0.2, 0.25) is 0 Å². The van der Waals surface area contributed by atoms with Crippen molar-refractivity contribution in [1.82, 2.24) is 9.47 Å². The minimum Gasteiger partial charge on any atom is -0.378 e. The molecule has 31 heavy (non-hydrogen) atoms. The van der Waals surface area contributed by atoms with Crippen LogP contribution in [0.4, 0.5) is 0 Å². The average molecular weight is 411 g/mol. The first-order valence-electron chi connectivity index (χ1n) is 11.2. The molecule has 1 aliphatic rings. The second kappa shape index (κ2) is 7.99. The van der Waals surface area contributed by atoms with Crippen LogP contribution >= 0.6 is 0 Å². The number of aromatic nitrogens is 1. The van der Waals surface area contributed by atoms with E-state index in [1.807, 2.05) is 60.7 Å². The summed E-state index contributed by atoms with van der Waals surface area (Å²) in [5, 5.41) is 13.6. The number of fused-ring (bicyclic) bond motifs is 3. The summed E-state index contributed by atoms with van der Waals surface area (Å²) < 4.78 is 2.39. The number of hydrogen-bond acceptors (Lipinski definition) is 2. The number of aryl methyl sites for hydroxylation is 1. The van der Waals surface area contributed by atoms with Gasteiger partial charge in [0.15, 0.2) is 0 Å². The van der Waals surface area contributed by atoms with Crippen molar-refractivity contribution in [3.8, 4) is 0 Å². The van der Waals surface area contributed by atoms with Gasteiger partial charge < -0.3 is 14.6 Å². The predicted octanol–water partition coefficient (Wildman–Crippen LogP) is 4.92. The van der Waals surface area contributed by atoms with Crippen molar-refractivity contribution >= 4 is 10.9 Å². The van der Waals surface area contributed by atoms with E-state index in [2.05, 4.69) is 41.6 Å². The highest BCUT2D eigenvalue weighted by atomic mass is 16.3. The van der Waals surface area contributed by atoms with Gasteiger partial charge in [0, 0.05) is 36.1 Å². The van der Waals surface area contributed by atoms with Crippen LogP contribution in [-0.2, 0) is 25.0 Å². The number of hydrogen-bond donors (Lipinski definition) is 1. The topological polar surface area (TPSA) is 28.4 Å². The zero-order chi connectivity index (χ0) is 21.4. The average Bonchev–Trinajstić information content (AvgIpc) is 2.93. The van der Waals surface area contributed by atoms with Crippen molar-refractivity contribution in [2.75, 3.05) is 20.1 Å². The normalized spacial score (nSPS) is 15.1. The highest BCUT2D eigenvalue weighted by molar-refractivity contribution is 5.86. The van der Waals surface area contributed by atoms with Crippen LogP contribution in [0.1, 0.15) is 27.9 Å². The van der Waals surface area contributed by atoms with E-state index in [0.717, 1.165) is 37.1 Å². The monoisotopic (exact) mass is 410 g/mol. The molecule has 0 atom stereocenters. The first-order chi connectivity index (χ1) is 15.1. The molecule has 0 saturated heterocycles. The summed E-state index contributed by atoms with van der Waals surface area (Å²) in [6.07, 6.45) is 2.05. The molecule has 0 aliphatic carbocycles. The predicted molar refractivity (Wildman–Crippen MR) is 127 cm³/mol. The Bertz CT molecular complexity index is 1150. The van der Waals surface area contributed by atoms with Crippen molar-refractivity contribution < 1.29 is 5.11 Å². The lowest BCUT2D eigenvalue weighted by atomic mass is 9.86. The van der Waals surface area contributed by atoms with E-state index in [1.54, 1.807) is 0 Å². The fourth-order valence-electron chi connectivity index (χ4n) is 5.05. The molecule has 0 saturated carbocycles. The molecular formula is C28H30N2O. The molecular weight excluding hydrogens is 380 g/mol. The minimum atomic E-state index is -1.11. The van der Waals surface area contributed by atoms with Gasteiger partial charge in [0.2, 0.25) is 0 Å². The maximum absolute atomic E-state index is 12.2. The van der Waals surface area contributed by atoms with Crippen molar-refractivity contribution in [3.63, 3.8) is 0 Å². The Kier molecular flexibility index (Phi) is 5.17. The van der Waals surface area contributed by atoms with Gasteiger partial charge in [-0.3, -0.25) is 0 Å². The van der Waals surface area contributed by atoms with Gasteiger partial charge in [0.05, 0.1) is 6.54 Å². The summed E-state index contributed by atoms with van der Waals surface area (Å²) >= 11 is 0. The second-order valence-electron chi connectivity index (χ2n) is 8.93. The zero-order valence-electron chi connectivity index (χ0n) is 18.4. The third kappa shape index (κ3) is 3.58. The number of rotatable bonds is 4. The molecule has 0 spiro atoms. The van der Waals surface area contributed by atoms with Gasteiger partial charge in [-0.15, -0.1) is 0 Å². The lowest BCUT2D eigenvalue weighted by Gasteiger charge is -2.31. The summed E-state index contributed by atoms with van der Waals surface area (Å²) in [5.41, 5.74) is 6.08. The fraction of sp³-hybridized carbons (Fsp3) is 0.286. The summed E-state index contributed by atoms with van der Waals surface area (Å²) in [5.74, 6) is 0. The lowest BCUT2D eigenvalue weighted by molar-refractivity contribution is 0.0617. The van der Waals surface area contributed by atoms with E-state index in [0.29, 0.717) is 6.54 Å². The molecule has 3 heteroatoms. The first-order valence-corrected chi connectivity index (χ1v) is 11.2. The Labute approximate surface area is 184 Å². The van der Waals surface area contributed by atoms with Gasteiger partial charge in [-0.1, -0.05) is 72.3 Å². The van der Waals surface area contributed by atoms with Gasteiger partial charge in [0.25, 0.3) is 0 Å². The van der Waals surface area contributed by atoms with E-state index in [-0.39, 0.29) is 0 Å². The SMILES string of the molecule is Cc1ccc2c(c1)c1c(n2CC(O)(c2ccccc2)c2ccccc2)CCN(C)CC1. The highest BCUT2D eigenvalue weighted by Gasteiger charge is 2.34. The Morgan fingerprint density at radius 2 is 1.45 bits per heavy atom. The third-order valence-electron chi connectivity index (χ3n) is 6.81. The molecule has 3 nitrogen and oxygen atoms in total. The zero-order valence-corrected chi connectivity index (χ0v) is 18.4. The number of likely N-dealkylation sites (N-methyl/N-ethyl adjacent to an activating group) is 1. The second-order valence-corrected chi connectivity index (χ2v) is 8.93. The van der Waals surface area contributed by atoms with Crippen LogP contribution in [0.25, 0.3) is 10.9 Å². The van der Waals surface area contributed by atoms with Gasteiger partial charge in [-0.2, -0.15) is 0 Å². The molecule has 4 aromatic rings. The van der Waals surface area contributed by atoms with Gasteiger partial charge >= 0.3 is 0 Å². The van der Waals surface area contributed by atoms with E-state index >= 15 is 0 Å². The van der Waals surface area contributed by atoms with Crippen molar-refractivity contribution in [2.24, 2.45) is 0 Å². The van der Waals surface area contributed by atoms with E-state index in [9.17, 15) is 5.11 Å². The quantitative estimate of drug-likeness (QED) is 0.517. The number of nitrogens with zero attached hydrogens (tertiary/aromatic N) is 2. The maximum atomic E-state index is 12.2. The van der Waals surface area contributed by atoms with Gasteiger partial charge in [-0.25, -0.2) is 0 Å². The van der Waals surface area contributed by atoms with Crippen LogP contribution in [0.3, 0.4) is 0 Å². The van der Waals surface area contributed by atoms with E-state index in [1.165, 1.54) is 27.7 Å². The molecule has 0 fully saturated rings.